The van der Waals surface area contributed by atoms with Gasteiger partial charge in [-0.05, 0) is 72.7 Å². The van der Waals surface area contributed by atoms with Crippen molar-refractivity contribution in [2.45, 2.75) is 136 Å². The van der Waals surface area contributed by atoms with Gasteiger partial charge >= 0.3 is 17.9 Å². The summed E-state index contributed by atoms with van der Waals surface area (Å²) in [6.45, 7) is 6.00. The van der Waals surface area contributed by atoms with Crippen molar-refractivity contribution in [2.75, 3.05) is 54.0 Å². The van der Waals surface area contributed by atoms with E-state index >= 15 is 0 Å². The van der Waals surface area contributed by atoms with E-state index in [1.165, 1.54) is 44.9 Å². The van der Waals surface area contributed by atoms with Crippen LogP contribution in [0.5, 0.6) is 0 Å². The molecule has 3 fully saturated rings. The minimum Gasteiger partial charge on any atom is -0.480 e. The van der Waals surface area contributed by atoms with Crippen LogP contribution in [-0.2, 0) is 43.2 Å². The number of carbonyl (C=O) groups excluding carboxylic acids is 9. The number of thioether (sulfide) groups is 3. The predicted octanol–water partition coefficient (Wildman–Crippen LogP) is 11.7. The third-order valence-corrected chi connectivity index (χ3v) is 18.0. The summed E-state index contributed by atoms with van der Waals surface area (Å²) < 4.78 is 0. The standard InChI is InChI=1S/C22H26N2O5S.C21H24N2O5S.C20H22N2O5S/c1-2-3-4-5-6-7-10-13-23-16-12-9-8-11-15(16)18(20(23)27)19-21(28)24(14-17(25)26)22(29)30-19;1-2-3-4-5-6-9-12-22-15-11-8-7-10-14(15)17(19(22)26)18-20(27)23(13-16(24)25)21(28)29-18;1-2-3-4-5-8-11-21-14-10-7-6-9-13(14)16(18(21)25)17-19(26)22(12-15(23)24)20(27)28-17/h8-9,11-12H,2-7,10,13-14H2,1H3,(H,25,26);7-8,10-11H,2-6,9,12-13H2,1H3,(H,24,25);6-7,9-10H,2-5,8,11-12H2,1H3,(H,23,24)/b19-18-;18-17-;17-16-. The second-order valence-electron chi connectivity index (χ2n) is 21.3. The van der Waals surface area contributed by atoms with Crippen LogP contribution in [0.1, 0.15) is 153 Å². The zero-order valence-corrected chi connectivity index (χ0v) is 51.5. The van der Waals surface area contributed by atoms with Gasteiger partial charge in [-0.1, -0.05) is 172 Å². The summed E-state index contributed by atoms with van der Waals surface area (Å²) in [5.74, 6) is -6.91. The summed E-state index contributed by atoms with van der Waals surface area (Å²) in [6.07, 6.45) is 19.8. The van der Waals surface area contributed by atoms with Crippen LogP contribution in [0.4, 0.5) is 31.4 Å². The van der Waals surface area contributed by atoms with Gasteiger partial charge in [0.2, 0.25) is 0 Å². The number of carbonyl (C=O) groups is 12. The van der Waals surface area contributed by atoms with Crippen molar-refractivity contribution in [1.82, 2.24) is 14.7 Å². The number of unbranched alkanes of at least 4 members (excludes halogenated alkanes) is 15. The van der Waals surface area contributed by atoms with Gasteiger partial charge < -0.3 is 30.0 Å². The number of imide groups is 3. The number of hydrogen-bond donors (Lipinski definition) is 3. The molecule has 0 atom stereocenters. The molecule has 0 saturated carbocycles. The Labute approximate surface area is 517 Å². The molecule has 6 aliphatic rings. The Kier molecular flexibility index (Phi) is 24.3. The molecule has 24 heteroatoms. The molecular weight excluding hydrogens is 1180 g/mol. The molecule has 3 N–H and O–H groups in total. The van der Waals surface area contributed by atoms with Crippen LogP contribution < -0.4 is 14.7 Å². The Bertz CT molecular complexity index is 3320. The van der Waals surface area contributed by atoms with Crippen molar-refractivity contribution in [3.8, 4) is 0 Å². The fourth-order valence-corrected chi connectivity index (χ4v) is 13.6. The normalized spacial score (nSPS) is 18.7. The maximum Gasteiger partial charge on any atom is 0.323 e. The zero-order chi connectivity index (χ0) is 62.9. The molecule has 462 valence electrons. The van der Waals surface area contributed by atoms with Crippen LogP contribution in [0.25, 0.3) is 16.7 Å². The van der Waals surface area contributed by atoms with Gasteiger partial charge in [0.15, 0.2) is 0 Å². The zero-order valence-electron chi connectivity index (χ0n) is 49.0. The van der Waals surface area contributed by atoms with E-state index < -0.39 is 71.0 Å². The van der Waals surface area contributed by atoms with Gasteiger partial charge in [-0.15, -0.1) is 0 Å². The number of para-hydroxylation sites is 3. The molecule has 3 aromatic rings. The van der Waals surface area contributed by atoms with E-state index in [-0.39, 0.29) is 49.2 Å². The number of aliphatic carboxylic acids is 3. The molecule has 87 heavy (non-hydrogen) atoms. The fraction of sp³-hybridized carbons (Fsp3) is 0.429. The van der Waals surface area contributed by atoms with Gasteiger partial charge in [-0.25, -0.2) is 0 Å². The SMILES string of the molecule is CCCCCCCCCN1C(=O)/C(=C2\SC(=O)N(CC(=O)O)C2=O)c2ccccc21.CCCCCCCCN1C(=O)/C(=C2\SC(=O)N(CC(=O)O)C2=O)c2ccccc21.CCCCCCCN1C(=O)/C(=C2\SC(=O)N(CC(=O)O)C2=O)c2ccccc21. The highest BCUT2D eigenvalue weighted by molar-refractivity contribution is 8.19. The van der Waals surface area contributed by atoms with Crippen molar-refractivity contribution in [1.29, 1.82) is 0 Å². The van der Waals surface area contributed by atoms with E-state index in [4.69, 9.17) is 15.3 Å². The summed E-state index contributed by atoms with van der Waals surface area (Å²) >= 11 is 1.90. The Morgan fingerprint density at radius 1 is 0.322 bits per heavy atom. The molecule has 6 heterocycles. The first-order valence-corrected chi connectivity index (χ1v) is 32.0. The minimum atomic E-state index is -1.28. The molecule has 6 aliphatic heterocycles. The van der Waals surface area contributed by atoms with Crippen LogP contribution in [0, 0.1) is 0 Å². The Balaban J connectivity index is 0.000000187. The number of amides is 9. The molecule has 0 aromatic heterocycles. The molecule has 0 aliphatic carbocycles. The first-order chi connectivity index (χ1) is 41.9. The second-order valence-corrected chi connectivity index (χ2v) is 24.2. The van der Waals surface area contributed by atoms with Crippen molar-refractivity contribution in [3.05, 3.63) is 104 Å². The lowest BCUT2D eigenvalue weighted by molar-refractivity contribution is -0.141. The molecule has 21 nitrogen and oxygen atoms in total. The summed E-state index contributed by atoms with van der Waals surface area (Å²) in [7, 11) is 0. The Morgan fingerprint density at radius 2 is 0.552 bits per heavy atom. The summed E-state index contributed by atoms with van der Waals surface area (Å²) in [4.78, 5) is 154. The van der Waals surface area contributed by atoms with Gasteiger partial charge in [0.1, 0.15) is 19.6 Å². The number of fused-ring (bicyclic) bond motifs is 3. The molecule has 3 saturated heterocycles. The average Bonchev–Trinajstić information content (AvgIpc) is 1.66. The van der Waals surface area contributed by atoms with Gasteiger partial charge in [0, 0.05) is 36.3 Å². The molecule has 9 amide bonds. The van der Waals surface area contributed by atoms with Crippen molar-refractivity contribution < 1.29 is 72.9 Å². The highest BCUT2D eigenvalue weighted by Gasteiger charge is 2.47. The second kappa shape index (κ2) is 31.7. The molecule has 0 bridgehead atoms. The van der Waals surface area contributed by atoms with E-state index in [1.54, 1.807) is 51.1 Å². The molecule has 0 radical (unpaired) electrons. The van der Waals surface area contributed by atoms with Gasteiger partial charge in [0.25, 0.3) is 51.2 Å². The molecule has 3 aromatic carbocycles. The number of anilines is 3. The molecule has 0 spiro atoms. The van der Waals surface area contributed by atoms with Crippen LogP contribution in [-0.4, -0.2) is 138 Å². The lowest BCUT2D eigenvalue weighted by atomic mass is 10.1. The number of rotatable bonds is 27. The Morgan fingerprint density at radius 3 is 0.793 bits per heavy atom. The van der Waals surface area contributed by atoms with E-state index in [0.717, 1.165) is 87.7 Å². The summed E-state index contributed by atoms with van der Waals surface area (Å²) in [5, 5.41) is 24.8. The maximum absolute atomic E-state index is 13.2. The Hall–Kier alpha value is -7.83. The number of nitrogens with zero attached hydrogens (tertiary/aromatic N) is 6. The fourth-order valence-electron chi connectivity index (χ4n) is 10.8. The summed E-state index contributed by atoms with van der Waals surface area (Å²) in [5.41, 5.74) is 4.62. The topological polar surface area (TPSA) is 285 Å². The number of hydrogen-bond acceptors (Lipinski definition) is 15. The highest BCUT2D eigenvalue weighted by Crippen LogP contribution is 2.47. The molecule has 9 rings (SSSR count). The molecule has 0 unspecified atom stereocenters. The first-order valence-electron chi connectivity index (χ1n) is 29.6. The van der Waals surface area contributed by atoms with E-state index in [9.17, 15) is 57.5 Å². The first kappa shape index (κ1) is 66.7. The highest BCUT2D eigenvalue weighted by atomic mass is 32.2. The van der Waals surface area contributed by atoms with Crippen molar-refractivity contribution in [3.63, 3.8) is 0 Å². The van der Waals surface area contributed by atoms with Crippen molar-refractivity contribution in [2.24, 2.45) is 0 Å². The van der Waals surface area contributed by atoms with Gasteiger partial charge in [-0.2, -0.15) is 0 Å². The third-order valence-electron chi connectivity index (χ3n) is 15.1. The number of carboxylic acids is 3. The van der Waals surface area contributed by atoms with Gasteiger partial charge in [-0.3, -0.25) is 72.2 Å². The quantitative estimate of drug-likeness (QED) is 0.0472. The molecular formula is C63H72N6O15S3. The van der Waals surface area contributed by atoms with Crippen molar-refractivity contribution >= 4 is 138 Å². The average molecular weight is 1250 g/mol. The maximum atomic E-state index is 13.2. The lowest BCUT2D eigenvalue weighted by Gasteiger charge is -2.17. The largest absolute Gasteiger partial charge is 0.480 e. The van der Waals surface area contributed by atoms with E-state index in [1.807, 2.05) is 36.4 Å². The van der Waals surface area contributed by atoms with Gasteiger partial charge in [0.05, 0.1) is 48.5 Å². The number of carboxylic acid groups (broad SMARTS) is 3. The third kappa shape index (κ3) is 15.8. The van der Waals surface area contributed by atoms with E-state index in [0.29, 0.717) is 86.3 Å². The van der Waals surface area contributed by atoms with E-state index in [2.05, 4.69) is 20.8 Å². The monoisotopic (exact) mass is 1250 g/mol. The predicted molar refractivity (Wildman–Crippen MR) is 334 cm³/mol. The summed E-state index contributed by atoms with van der Waals surface area (Å²) in [6, 6.07) is 21.6. The van der Waals surface area contributed by atoms with Crippen LogP contribution >= 0.6 is 35.3 Å². The smallest absolute Gasteiger partial charge is 0.323 e. The van der Waals surface area contributed by atoms with Crippen LogP contribution in [0.2, 0.25) is 0 Å². The van der Waals surface area contributed by atoms with Crippen LogP contribution in [0.15, 0.2) is 87.5 Å². The lowest BCUT2D eigenvalue weighted by Crippen LogP contribution is -2.34. The minimum absolute atomic E-state index is 0.0113. The number of benzene rings is 3. The van der Waals surface area contributed by atoms with Crippen LogP contribution in [0.3, 0.4) is 0 Å².